The van der Waals surface area contributed by atoms with E-state index in [9.17, 15) is 15.0 Å². The molecule has 4 rings (SSSR count). The zero-order valence-corrected chi connectivity index (χ0v) is 20.7. The van der Waals surface area contributed by atoms with E-state index in [0.717, 1.165) is 16.7 Å². The molecule has 1 atom stereocenters. The predicted molar refractivity (Wildman–Crippen MR) is 141 cm³/mol. The lowest BCUT2D eigenvalue weighted by molar-refractivity contribution is 0.0681. The number of carbonyl (C=O) groups is 1. The number of phenols is 1. The minimum Gasteiger partial charge on any atom is -0.508 e. The number of rotatable bonds is 8. The van der Waals surface area contributed by atoms with Crippen molar-refractivity contribution in [2.45, 2.75) is 19.6 Å². The summed E-state index contributed by atoms with van der Waals surface area (Å²) in [6, 6.07) is 24.2. The first-order chi connectivity index (χ1) is 17.3. The van der Waals surface area contributed by atoms with Crippen LogP contribution in [0.2, 0.25) is 0 Å². The second-order valence-corrected chi connectivity index (χ2v) is 8.89. The Labute approximate surface area is 211 Å². The number of phenolic OH excluding ortho intramolecular Hbond substituents is 1. The van der Waals surface area contributed by atoms with Gasteiger partial charge in [0.2, 0.25) is 5.95 Å². The molecule has 0 fully saturated rings. The van der Waals surface area contributed by atoms with Gasteiger partial charge >= 0.3 is 0 Å². The maximum absolute atomic E-state index is 13.5. The highest BCUT2D eigenvalue weighted by Crippen LogP contribution is 2.28. The molecule has 0 bridgehead atoms. The van der Waals surface area contributed by atoms with Gasteiger partial charge in [-0.25, -0.2) is 9.97 Å². The van der Waals surface area contributed by atoms with Crippen LogP contribution < -0.4 is 4.90 Å². The van der Waals surface area contributed by atoms with Gasteiger partial charge in [0.1, 0.15) is 5.75 Å². The van der Waals surface area contributed by atoms with Gasteiger partial charge in [0.15, 0.2) is 0 Å². The molecule has 1 heterocycles. The zero-order valence-electron chi connectivity index (χ0n) is 20.7. The monoisotopic (exact) mass is 482 g/mol. The smallest absolute Gasteiger partial charge is 0.257 e. The molecule has 36 heavy (non-hydrogen) atoms. The first kappa shape index (κ1) is 24.9. The van der Waals surface area contributed by atoms with Gasteiger partial charge in [0.25, 0.3) is 5.91 Å². The fourth-order valence-electron chi connectivity index (χ4n) is 4.07. The van der Waals surface area contributed by atoms with Crippen LogP contribution in [-0.2, 0) is 6.54 Å². The van der Waals surface area contributed by atoms with Crippen LogP contribution >= 0.6 is 0 Å². The first-order valence-electron chi connectivity index (χ1n) is 11.7. The largest absolute Gasteiger partial charge is 0.508 e. The van der Waals surface area contributed by atoms with Crippen molar-refractivity contribution in [3.63, 3.8) is 0 Å². The Hall–Kier alpha value is -4.23. The molecule has 1 aromatic heterocycles. The zero-order chi connectivity index (χ0) is 25.7. The molecule has 0 radical (unpaired) electrons. The van der Waals surface area contributed by atoms with E-state index in [1.807, 2.05) is 73.5 Å². The van der Waals surface area contributed by atoms with Crippen LogP contribution in [0.5, 0.6) is 5.75 Å². The third kappa shape index (κ3) is 5.70. The number of aliphatic hydroxyl groups is 1. The van der Waals surface area contributed by atoms with Crippen LogP contribution in [0, 0.1) is 6.92 Å². The van der Waals surface area contributed by atoms with Gasteiger partial charge in [-0.1, -0.05) is 66.7 Å². The number of nitrogens with zero attached hydrogens (tertiary/aromatic N) is 4. The van der Waals surface area contributed by atoms with Crippen LogP contribution in [0.4, 0.5) is 5.95 Å². The number of anilines is 1. The minimum atomic E-state index is -0.954. The lowest BCUT2D eigenvalue weighted by Gasteiger charge is -2.23. The number of aryl methyl sites for hydroxylation is 1. The van der Waals surface area contributed by atoms with E-state index in [-0.39, 0.29) is 18.2 Å². The van der Waals surface area contributed by atoms with E-state index >= 15 is 0 Å². The standard InChI is InChI=1S/C29H30N4O3/c1-20-10-7-8-15-24(20)27-25(17-30-29(31-27)33(3)18-21-11-5-4-6-12-21)28(36)32(2)19-26(35)22-13-9-14-23(34)16-22/h4-17,26,34-35H,18-19H2,1-3H3. The van der Waals surface area contributed by atoms with E-state index in [4.69, 9.17) is 4.98 Å². The minimum absolute atomic E-state index is 0.0468. The molecule has 3 aromatic carbocycles. The average Bonchev–Trinajstić information content (AvgIpc) is 2.88. The summed E-state index contributed by atoms with van der Waals surface area (Å²) in [6.07, 6.45) is 0.607. The van der Waals surface area contributed by atoms with Crippen molar-refractivity contribution in [2.24, 2.45) is 0 Å². The van der Waals surface area contributed by atoms with E-state index in [2.05, 4.69) is 4.98 Å². The molecule has 0 aliphatic rings. The van der Waals surface area contributed by atoms with E-state index < -0.39 is 6.10 Å². The number of likely N-dealkylation sites (N-methyl/N-ethyl adjacent to an activating group) is 1. The van der Waals surface area contributed by atoms with Crippen LogP contribution in [0.3, 0.4) is 0 Å². The van der Waals surface area contributed by atoms with Crippen LogP contribution in [0.15, 0.2) is 85.1 Å². The van der Waals surface area contributed by atoms with Gasteiger partial charge in [0.05, 0.1) is 23.9 Å². The quantitative estimate of drug-likeness (QED) is 0.382. The number of benzene rings is 3. The summed E-state index contributed by atoms with van der Waals surface area (Å²) >= 11 is 0. The van der Waals surface area contributed by atoms with Crippen LogP contribution in [0.1, 0.15) is 33.2 Å². The molecule has 4 aromatic rings. The topological polar surface area (TPSA) is 89.8 Å². The fourth-order valence-corrected chi connectivity index (χ4v) is 4.07. The SMILES string of the molecule is Cc1ccccc1-c1nc(N(C)Cc2ccccc2)ncc1C(=O)N(C)CC(O)c1cccc(O)c1. The predicted octanol–water partition coefficient (Wildman–Crippen LogP) is 4.60. The molecule has 2 N–H and O–H groups in total. The molecule has 0 saturated heterocycles. The van der Waals surface area contributed by atoms with Gasteiger partial charge in [-0.15, -0.1) is 0 Å². The number of hydrogen-bond donors (Lipinski definition) is 2. The number of hydrogen-bond acceptors (Lipinski definition) is 6. The Morgan fingerprint density at radius 1 is 0.972 bits per heavy atom. The Morgan fingerprint density at radius 2 is 1.69 bits per heavy atom. The molecule has 1 amide bonds. The summed E-state index contributed by atoms with van der Waals surface area (Å²) in [6.45, 7) is 2.65. The molecule has 0 saturated carbocycles. The van der Waals surface area contributed by atoms with Crippen molar-refractivity contribution < 1.29 is 15.0 Å². The summed E-state index contributed by atoms with van der Waals surface area (Å²) in [4.78, 5) is 26.3. The lowest BCUT2D eigenvalue weighted by atomic mass is 10.0. The Balaban J connectivity index is 1.65. The summed E-state index contributed by atoms with van der Waals surface area (Å²) in [5.74, 6) is 0.270. The highest BCUT2D eigenvalue weighted by atomic mass is 16.3. The second kappa shape index (κ2) is 11.0. The number of carbonyl (C=O) groups excluding carboxylic acids is 1. The van der Waals surface area contributed by atoms with Crippen molar-refractivity contribution in [3.05, 3.63) is 107 Å². The number of aromatic nitrogens is 2. The summed E-state index contributed by atoms with van der Waals surface area (Å²) in [5.41, 5.74) is 4.39. The van der Waals surface area contributed by atoms with E-state index in [0.29, 0.717) is 29.3 Å². The van der Waals surface area contributed by atoms with Gasteiger partial charge in [-0.2, -0.15) is 0 Å². The first-order valence-corrected chi connectivity index (χ1v) is 11.7. The normalized spacial score (nSPS) is 11.7. The summed E-state index contributed by atoms with van der Waals surface area (Å²) in [7, 11) is 3.55. The van der Waals surface area contributed by atoms with Gasteiger partial charge in [-0.05, 0) is 35.7 Å². The summed E-state index contributed by atoms with van der Waals surface area (Å²) < 4.78 is 0. The van der Waals surface area contributed by atoms with Crippen molar-refractivity contribution in [1.29, 1.82) is 0 Å². The molecule has 0 spiro atoms. The van der Waals surface area contributed by atoms with E-state index in [1.165, 1.54) is 17.0 Å². The fraction of sp³-hybridized carbons (Fsp3) is 0.207. The maximum atomic E-state index is 13.5. The molecule has 1 unspecified atom stereocenters. The number of aliphatic hydroxyl groups excluding tert-OH is 1. The Morgan fingerprint density at radius 3 is 2.42 bits per heavy atom. The summed E-state index contributed by atoms with van der Waals surface area (Å²) in [5, 5.41) is 20.4. The highest BCUT2D eigenvalue weighted by molar-refractivity contribution is 6.00. The number of aromatic hydroxyl groups is 1. The third-order valence-corrected chi connectivity index (χ3v) is 6.06. The van der Waals surface area contributed by atoms with Crippen LogP contribution in [0.25, 0.3) is 11.3 Å². The molecular weight excluding hydrogens is 452 g/mol. The van der Waals surface area contributed by atoms with Crippen molar-refractivity contribution in [3.8, 4) is 17.0 Å². The van der Waals surface area contributed by atoms with E-state index in [1.54, 1.807) is 25.4 Å². The molecule has 7 nitrogen and oxygen atoms in total. The highest BCUT2D eigenvalue weighted by Gasteiger charge is 2.23. The van der Waals surface area contributed by atoms with Crippen molar-refractivity contribution in [2.75, 3.05) is 25.5 Å². The van der Waals surface area contributed by atoms with Crippen molar-refractivity contribution in [1.82, 2.24) is 14.9 Å². The Bertz CT molecular complexity index is 1340. The van der Waals surface area contributed by atoms with Crippen LogP contribution in [-0.4, -0.2) is 51.6 Å². The molecule has 7 heteroatoms. The Kier molecular flexibility index (Phi) is 7.61. The van der Waals surface area contributed by atoms with Crippen molar-refractivity contribution >= 4 is 11.9 Å². The number of amides is 1. The molecular formula is C29H30N4O3. The second-order valence-electron chi connectivity index (χ2n) is 8.89. The maximum Gasteiger partial charge on any atom is 0.257 e. The third-order valence-electron chi connectivity index (χ3n) is 6.06. The van der Waals surface area contributed by atoms with Gasteiger partial charge in [0, 0.05) is 32.4 Å². The van der Waals surface area contributed by atoms with Gasteiger partial charge in [-0.3, -0.25) is 4.79 Å². The molecule has 0 aliphatic heterocycles. The molecule has 184 valence electrons. The lowest BCUT2D eigenvalue weighted by Crippen LogP contribution is -2.32. The average molecular weight is 483 g/mol. The van der Waals surface area contributed by atoms with Gasteiger partial charge < -0.3 is 20.0 Å². The molecule has 0 aliphatic carbocycles.